The van der Waals surface area contributed by atoms with Crippen molar-refractivity contribution in [3.63, 3.8) is 0 Å². The van der Waals surface area contributed by atoms with Crippen LogP contribution >= 0.6 is 7.60 Å². The Labute approximate surface area is 139 Å². The van der Waals surface area contributed by atoms with Crippen molar-refractivity contribution >= 4 is 13.4 Å². The molecule has 0 saturated carbocycles. The second kappa shape index (κ2) is 7.31. The first kappa shape index (κ1) is 16.9. The van der Waals surface area contributed by atoms with E-state index in [2.05, 4.69) is 29.7 Å². The van der Waals surface area contributed by atoms with E-state index in [0.717, 1.165) is 43.4 Å². The quantitative estimate of drug-likeness (QED) is 0.731. The van der Waals surface area contributed by atoms with E-state index in [4.69, 9.17) is 9.79 Å². The SMILES string of the molecule is O=P(O)(O)CCN1CCN(c2cc(-c3ccncn3)ncn2)CC1. The molecule has 10 heteroatoms. The van der Waals surface area contributed by atoms with E-state index in [-0.39, 0.29) is 6.16 Å². The second-order valence-corrected chi connectivity index (χ2v) is 7.35. The molecule has 24 heavy (non-hydrogen) atoms. The third-order valence-electron chi connectivity index (χ3n) is 3.90. The van der Waals surface area contributed by atoms with Crippen LogP contribution in [0, 0.1) is 0 Å². The molecule has 0 aromatic carbocycles. The Bertz CT molecular complexity index is 717. The fraction of sp³-hybridized carbons (Fsp3) is 0.429. The van der Waals surface area contributed by atoms with Crippen LogP contribution < -0.4 is 4.90 Å². The summed E-state index contributed by atoms with van der Waals surface area (Å²) in [5.41, 5.74) is 1.49. The summed E-state index contributed by atoms with van der Waals surface area (Å²) >= 11 is 0. The molecule has 3 rings (SSSR count). The minimum absolute atomic E-state index is 0.0988. The van der Waals surface area contributed by atoms with Crippen molar-refractivity contribution in [1.82, 2.24) is 24.8 Å². The summed E-state index contributed by atoms with van der Waals surface area (Å²) in [6.07, 6.45) is 4.58. The van der Waals surface area contributed by atoms with Crippen molar-refractivity contribution in [1.29, 1.82) is 0 Å². The topological polar surface area (TPSA) is 116 Å². The number of hydrogen-bond donors (Lipinski definition) is 2. The molecule has 1 fully saturated rings. The maximum atomic E-state index is 11.0. The van der Waals surface area contributed by atoms with Gasteiger partial charge < -0.3 is 14.7 Å². The zero-order valence-electron chi connectivity index (χ0n) is 13.1. The smallest absolute Gasteiger partial charge is 0.326 e. The fourth-order valence-corrected chi connectivity index (χ4v) is 3.12. The number of aromatic nitrogens is 4. The first-order valence-corrected chi connectivity index (χ1v) is 9.41. The van der Waals surface area contributed by atoms with Gasteiger partial charge in [-0.05, 0) is 6.07 Å². The number of nitrogens with zero attached hydrogens (tertiary/aromatic N) is 6. The van der Waals surface area contributed by atoms with Crippen molar-refractivity contribution in [3.05, 3.63) is 31.0 Å². The lowest BCUT2D eigenvalue weighted by molar-refractivity contribution is 0.264. The highest BCUT2D eigenvalue weighted by Gasteiger charge is 2.21. The summed E-state index contributed by atoms with van der Waals surface area (Å²) < 4.78 is 11.0. The summed E-state index contributed by atoms with van der Waals surface area (Å²) in [6.45, 7) is 3.40. The Morgan fingerprint density at radius 3 is 2.46 bits per heavy atom. The molecular formula is C14H19N6O3P. The molecule has 0 unspecified atom stereocenters. The van der Waals surface area contributed by atoms with Gasteiger partial charge in [0.1, 0.15) is 18.5 Å². The van der Waals surface area contributed by atoms with Crippen LogP contribution in [0.25, 0.3) is 11.4 Å². The van der Waals surface area contributed by atoms with Crippen molar-refractivity contribution < 1.29 is 14.4 Å². The zero-order valence-corrected chi connectivity index (χ0v) is 14.0. The molecule has 2 aromatic heterocycles. The molecule has 1 aliphatic heterocycles. The maximum Gasteiger partial charge on any atom is 0.326 e. The van der Waals surface area contributed by atoms with Gasteiger partial charge in [-0.2, -0.15) is 0 Å². The molecule has 2 N–H and O–H groups in total. The minimum Gasteiger partial charge on any atom is -0.354 e. The lowest BCUT2D eigenvalue weighted by atomic mass is 10.2. The summed E-state index contributed by atoms with van der Waals surface area (Å²) in [4.78, 5) is 38.8. The van der Waals surface area contributed by atoms with Crippen LogP contribution in [0.3, 0.4) is 0 Å². The maximum absolute atomic E-state index is 11.0. The van der Waals surface area contributed by atoms with E-state index >= 15 is 0 Å². The second-order valence-electron chi connectivity index (χ2n) is 5.57. The predicted octanol–water partition coefficient (Wildman–Crippen LogP) is 0.233. The first-order valence-electron chi connectivity index (χ1n) is 7.61. The van der Waals surface area contributed by atoms with E-state index in [9.17, 15) is 4.57 Å². The molecular weight excluding hydrogens is 331 g/mol. The van der Waals surface area contributed by atoms with Crippen LogP contribution in [0.2, 0.25) is 0 Å². The van der Waals surface area contributed by atoms with Gasteiger partial charge in [0.15, 0.2) is 0 Å². The summed E-state index contributed by atoms with van der Waals surface area (Å²) in [5.74, 6) is 0.827. The van der Waals surface area contributed by atoms with Crippen LogP contribution in [-0.4, -0.2) is 73.5 Å². The van der Waals surface area contributed by atoms with Gasteiger partial charge in [0, 0.05) is 45.0 Å². The van der Waals surface area contributed by atoms with Gasteiger partial charge in [-0.25, -0.2) is 19.9 Å². The highest BCUT2D eigenvalue weighted by Crippen LogP contribution is 2.33. The van der Waals surface area contributed by atoms with E-state index in [1.54, 1.807) is 12.3 Å². The molecule has 2 aromatic rings. The van der Waals surface area contributed by atoms with E-state index in [1.165, 1.54) is 12.7 Å². The highest BCUT2D eigenvalue weighted by atomic mass is 31.2. The summed E-state index contributed by atoms with van der Waals surface area (Å²) in [5, 5.41) is 0. The largest absolute Gasteiger partial charge is 0.354 e. The molecule has 0 spiro atoms. The molecule has 0 radical (unpaired) electrons. The number of hydrogen-bond acceptors (Lipinski definition) is 7. The van der Waals surface area contributed by atoms with E-state index in [1.807, 2.05) is 6.07 Å². The van der Waals surface area contributed by atoms with Crippen LogP contribution in [-0.2, 0) is 4.57 Å². The Kier molecular flexibility index (Phi) is 5.15. The monoisotopic (exact) mass is 350 g/mol. The van der Waals surface area contributed by atoms with Crippen molar-refractivity contribution in [3.8, 4) is 11.4 Å². The predicted molar refractivity (Wildman–Crippen MR) is 88.6 cm³/mol. The van der Waals surface area contributed by atoms with Crippen molar-refractivity contribution in [2.24, 2.45) is 0 Å². The van der Waals surface area contributed by atoms with Gasteiger partial charge in [0.2, 0.25) is 0 Å². The minimum atomic E-state index is -3.93. The normalized spacial score (nSPS) is 16.3. The van der Waals surface area contributed by atoms with Crippen molar-refractivity contribution in [2.45, 2.75) is 0 Å². The average Bonchev–Trinajstić information content (AvgIpc) is 2.61. The number of rotatable bonds is 5. The molecule has 128 valence electrons. The fourth-order valence-electron chi connectivity index (χ4n) is 2.57. The van der Waals surface area contributed by atoms with Crippen LogP contribution in [0.15, 0.2) is 31.0 Å². The summed E-state index contributed by atoms with van der Waals surface area (Å²) in [7, 11) is -3.93. The van der Waals surface area contributed by atoms with Gasteiger partial charge in [0.25, 0.3) is 0 Å². The molecule has 0 amide bonds. The molecule has 1 aliphatic rings. The highest BCUT2D eigenvalue weighted by molar-refractivity contribution is 7.51. The molecule has 0 atom stereocenters. The Morgan fingerprint density at radius 1 is 1.04 bits per heavy atom. The van der Waals surface area contributed by atoms with Crippen LogP contribution in [0.1, 0.15) is 0 Å². The van der Waals surface area contributed by atoms with Crippen LogP contribution in [0.5, 0.6) is 0 Å². The van der Waals surface area contributed by atoms with Crippen LogP contribution in [0.4, 0.5) is 5.82 Å². The van der Waals surface area contributed by atoms with E-state index in [0.29, 0.717) is 6.54 Å². The standard InChI is InChI=1S/C14H19N6O3P/c21-24(22,23)8-7-19-3-5-20(6-4-19)14-9-13(17-11-18-14)12-1-2-15-10-16-12/h1-2,9-11H,3-8H2,(H2,21,22,23). The Morgan fingerprint density at radius 2 is 1.79 bits per heavy atom. The molecule has 0 aliphatic carbocycles. The third kappa shape index (κ3) is 4.55. The lowest BCUT2D eigenvalue weighted by Crippen LogP contribution is -2.47. The Balaban J connectivity index is 1.62. The number of anilines is 1. The Hall–Kier alpha value is -1.93. The van der Waals surface area contributed by atoms with Gasteiger partial charge in [-0.3, -0.25) is 9.46 Å². The van der Waals surface area contributed by atoms with E-state index < -0.39 is 7.60 Å². The molecule has 9 nitrogen and oxygen atoms in total. The molecule has 0 bridgehead atoms. The van der Waals surface area contributed by atoms with Crippen molar-refractivity contribution in [2.75, 3.05) is 43.8 Å². The van der Waals surface area contributed by atoms with Gasteiger partial charge in [0.05, 0.1) is 17.5 Å². The van der Waals surface area contributed by atoms with Gasteiger partial charge in [-0.15, -0.1) is 0 Å². The zero-order chi connectivity index (χ0) is 17.0. The number of piperazine rings is 1. The summed E-state index contributed by atoms with van der Waals surface area (Å²) in [6, 6.07) is 3.69. The third-order valence-corrected chi connectivity index (χ3v) is 4.68. The lowest BCUT2D eigenvalue weighted by Gasteiger charge is -2.35. The molecule has 3 heterocycles. The average molecular weight is 350 g/mol. The molecule has 1 saturated heterocycles. The van der Waals surface area contributed by atoms with Gasteiger partial charge in [-0.1, -0.05) is 0 Å². The first-order chi connectivity index (χ1) is 11.5. The van der Waals surface area contributed by atoms with Gasteiger partial charge >= 0.3 is 7.60 Å².